The van der Waals surface area contributed by atoms with Crippen molar-refractivity contribution < 1.29 is 4.79 Å². The van der Waals surface area contributed by atoms with Crippen molar-refractivity contribution in [2.75, 3.05) is 13.1 Å². The van der Waals surface area contributed by atoms with Crippen molar-refractivity contribution in [3.63, 3.8) is 0 Å². The molecule has 1 aromatic carbocycles. The monoisotopic (exact) mass is 324 g/mol. The van der Waals surface area contributed by atoms with Crippen LogP contribution in [0, 0.1) is 6.92 Å². The number of rotatable bonds is 3. The number of hydrogen-bond donors (Lipinski definition) is 0. The summed E-state index contributed by atoms with van der Waals surface area (Å²) in [7, 11) is 0. The molecule has 0 unspecified atom stereocenters. The second-order valence-corrected chi connectivity index (χ2v) is 7.12. The number of carbonyl (C=O) groups is 1. The van der Waals surface area contributed by atoms with Crippen LogP contribution in [0.5, 0.6) is 0 Å². The molecule has 1 fully saturated rings. The van der Waals surface area contributed by atoms with Gasteiger partial charge in [-0.25, -0.2) is 0 Å². The molecule has 23 heavy (non-hydrogen) atoms. The first-order chi connectivity index (χ1) is 11.2. The van der Waals surface area contributed by atoms with Crippen LogP contribution in [0.2, 0.25) is 0 Å². The summed E-state index contributed by atoms with van der Waals surface area (Å²) in [6.07, 6.45) is 2.25. The van der Waals surface area contributed by atoms with E-state index in [9.17, 15) is 4.79 Å². The molecule has 1 aliphatic rings. The summed E-state index contributed by atoms with van der Waals surface area (Å²) in [5.41, 5.74) is 3.37. The van der Waals surface area contributed by atoms with Crippen LogP contribution in [0.1, 0.15) is 34.5 Å². The Labute approximate surface area is 140 Å². The standard InChI is InChI=1S/C19H20N2OS/c1-14-6-2-3-7-16(14)13-21-17(12-15-8-11-23-19(15)21)18(22)20-9-4-5-10-20/h2-3,6-8,11-12H,4-5,9-10,13H2,1H3. The Morgan fingerprint density at radius 2 is 1.96 bits per heavy atom. The van der Waals surface area contributed by atoms with Gasteiger partial charge < -0.3 is 9.47 Å². The number of nitrogens with zero attached hydrogens (tertiary/aromatic N) is 2. The smallest absolute Gasteiger partial charge is 0.270 e. The molecular weight excluding hydrogens is 304 g/mol. The van der Waals surface area contributed by atoms with E-state index in [1.807, 2.05) is 4.90 Å². The molecule has 1 aliphatic heterocycles. The van der Waals surface area contributed by atoms with Crippen molar-refractivity contribution in [1.82, 2.24) is 9.47 Å². The van der Waals surface area contributed by atoms with Crippen molar-refractivity contribution >= 4 is 27.5 Å². The lowest BCUT2D eigenvalue weighted by Crippen LogP contribution is -2.29. The molecule has 0 bridgehead atoms. The quantitative estimate of drug-likeness (QED) is 0.705. The van der Waals surface area contributed by atoms with E-state index >= 15 is 0 Å². The van der Waals surface area contributed by atoms with E-state index in [2.05, 4.69) is 53.3 Å². The summed E-state index contributed by atoms with van der Waals surface area (Å²) < 4.78 is 2.20. The van der Waals surface area contributed by atoms with Gasteiger partial charge >= 0.3 is 0 Å². The lowest BCUT2D eigenvalue weighted by atomic mass is 10.1. The molecule has 0 saturated carbocycles. The summed E-state index contributed by atoms with van der Waals surface area (Å²) in [5, 5.41) is 3.27. The third-order valence-electron chi connectivity index (χ3n) is 4.70. The van der Waals surface area contributed by atoms with Crippen molar-refractivity contribution in [2.24, 2.45) is 0 Å². The highest BCUT2D eigenvalue weighted by Gasteiger charge is 2.24. The van der Waals surface area contributed by atoms with E-state index in [-0.39, 0.29) is 5.91 Å². The first kappa shape index (κ1) is 14.5. The zero-order valence-corrected chi connectivity index (χ0v) is 14.1. The van der Waals surface area contributed by atoms with Gasteiger partial charge in [-0.3, -0.25) is 4.79 Å². The molecule has 2 aromatic heterocycles. The van der Waals surface area contributed by atoms with Crippen molar-refractivity contribution in [2.45, 2.75) is 26.3 Å². The maximum Gasteiger partial charge on any atom is 0.270 e. The lowest BCUT2D eigenvalue weighted by Gasteiger charge is -2.17. The van der Waals surface area contributed by atoms with Crippen molar-refractivity contribution in [1.29, 1.82) is 0 Å². The minimum Gasteiger partial charge on any atom is -0.337 e. The summed E-state index contributed by atoms with van der Waals surface area (Å²) in [6, 6.07) is 12.6. The van der Waals surface area contributed by atoms with Crippen LogP contribution in [-0.4, -0.2) is 28.5 Å². The fourth-order valence-electron chi connectivity index (χ4n) is 3.35. The maximum atomic E-state index is 12.9. The second-order valence-electron chi connectivity index (χ2n) is 6.22. The largest absolute Gasteiger partial charge is 0.337 e. The van der Waals surface area contributed by atoms with Gasteiger partial charge in [0.1, 0.15) is 10.5 Å². The minimum atomic E-state index is 0.180. The third-order valence-corrected chi connectivity index (χ3v) is 5.66. The van der Waals surface area contributed by atoms with Crippen LogP contribution >= 0.6 is 11.3 Å². The molecule has 0 spiro atoms. The molecule has 3 nitrogen and oxygen atoms in total. The second kappa shape index (κ2) is 5.85. The van der Waals surface area contributed by atoms with E-state index in [0.29, 0.717) is 0 Å². The average molecular weight is 324 g/mol. The van der Waals surface area contributed by atoms with Crippen LogP contribution < -0.4 is 0 Å². The molecule has 3 heterocycles. The van der Waals surface area contributed by atoms with Crippen molar-refractivity contribution in [3.05, 3.63) is 58.6 Å². The predicted octanol–water partition coefficient (Wildman–Crippen LogP) is 4.30. The van der Waals surface area contributed by atoms with Gasteiger partial charge in [0.15, 0.2) is 0 Å². The molecule has 118 valence electrons. The Hall–Kier alpha value is -2.07. The van der Waals surface area contributed by atoms with Gasteiger partial charge in [-0.05, 0) is 48.4 Å². The average Bonchev–Trinajstić information content (AvgIpc) is 3.26. The summed E-state index contributed by atoms with van der Waals surface area (Å²) in [6.45, 7) is 4.67. The Bertz CT molecular complexity index is 855. The zero-order valence-electron chi connectivity index (χ0n) is 13.3. The number of hydrogen-bond acceptors (Lipinski definition) is 2. The van der Waals surface area contributed by atoms with Crippen LogP contribution in [0.15, 0.2) is 41.8 Å². The highest BCUT2D eigenvalue weighted by atomic mass is 32.1. The number of amides is 1. The first-order valence-electron chi connectivity index (χ1n) is 8.14. The fourth-order valence-corrected chi connectivity index (χ4v) is 4.25. The van der Waals surface area contributed by atoms with Crippen LogP contribution in [0.4, 0.5) is 0 Å². The van der Waals surface area contributed by atoms with Gasteiger partial charge in [-0.2, -0.15) is 0 Å². The molecule has 1 saturated heterocycles. The summed E-state index contributed by atoms with van der Waals surface area (Å²) in [5.74, 6) is 0.180. The van der Waals surface area contributed by atoms with E-state index in [1.165, 1.54) is 21.3 Å². The Morgan fingerprint density at radius 3 is 2.74 bits per heavy atom. The molecule has 0 aliphatic carbocycles. The number of aryl methyl sites for hydroxylation is 1. The molecule has 4 heteroatoms. The van der Waals surface area contributed by atoms with Crippen LogP contribution in [-0.2, 0) is 6.54 Å². The van der Waals surface area contributed by atoms with Gasteiger partial charge in [0.25, 0.3) is 5.91 Å². The van der Waals surface area contributed by atoms with Gasteiger partial charge in [-0.15, -0.1) is 11.3 Å². The maximum absolute atomic E-state index is 12.9. The van der Waals surface area contributed by atoms with Gasteiger partial charge in [0.2, 0.25) is 0 Å². The molecule has 0 atom stereocenters. The SMILES string of the molecule is Cc1ccccc1Cn1c(C(=O)N2CCCC2)cc2ccsc21. The van der Waals surface area contributed by atoms with E-state index in [0.717, 1.165) is 38.2 Å². The number of thiophene rings is 1. The molecule has 1 amide bonds. The van der Waals surface area contributed by atoms with Crippen LogP contribution in [0.3, 0.4) is 0 Å². The number of benzene rings is 1. The van der Waals surface area contributed by atoms with E-state index in [4.69, 9.17) is 0 Å². The molecule has 3 aromatic rings. The van der Waals surface area contributed by atoms with E-state index < -0.39 is 0 Å². The molecule has 4 rings (SSSR count). The Balaban J connectivity index is 1.77. The molecule has 0 N–H and O–H groups in total. The third kappa shape index (κ3) is 2.57. The Kier molecular flexibility index (Phi) is 3.69. The number of likely N-dealkylation sites (tertiary alicyclic amines) is 1. The van der Waals surface area contributed by atoms with Gasteiger partial charge in [0.05, 0.1) is 0 Å². The van der Waals surface area contributed by atoms with Gasteiger partial charge in [0, 0.05) is 25.0 Å². The van der Waals surface area contributed by atoms with Gasteiger partial charge in [-0.1, -0.05) is 24.3 Å². The van der Waals surface area contributed by atoms with Crippen LogP contribution in [0.25, 0.3) is 10.2 Å². The number of fused-ring (bicyclic) bond motifs is 1. The lowest BCUT2D eigenvalue weighted by molar-refractivity contribution is 0.0783. The molecular formula is C19H20N2OS. The summed E-state index contributed by atoms with van der Waals surface area (Å²) in [4.78, 5) is 16.1. The Morgan fingerprint density at radius 1 is 1.17 bits per heavy atom. The normalized spacial score (nSPS) is 14.7. The van der Waals surface area contributed by atoms with Crippen molar-refractivity contribution in [3.8, 4) is 0 Å². The highest BCUT2D eigenvalue weighted by molar-refractivity contribution is 7.16. The fraction of sp³-hybridized carbons (Fsp3) is 0.316. The predicted molar refractivity (Wildman–Crippen MR) is 95.2 cm³/mol. The topological polar surface area (TPSA) is 25.2 Å². The highest BCUT2D eigenvalue weighted by Crippen LogP contribution is 2.28. The molecule has 0 radical (unpaired) electrons. The number of carbonyl (C=O) groups excluding carboxylic acids is 1. The van der Waals surface area contributed by atoms with E-state index in [1.54, 1.807) is 11.3 Å². The zero-order chi connectivity index (χ0) is 15.8. The minimum absolute atomic E-state index is 0.180. The first-order valence-corrected chi connectivity index (χ1v) is 9.02. The number of aromatic nitrogens is 1. The summed E-state index contributed by atoms with van der Waals surface area (Å²) >= 11 is 1.71.